The van der Waals surface area contributed by atoms with Crippen LogP contribution in [-0.4, -0.2) is 48.9 Å². The number of ether oxygens (including phenoxy) is 3. The summed E-state index contributed by atoms with van der Waals surface area (Å²) in [6, 6.07) is 5.67. The summed E-state index contributed by atoms with van der Waals surface area (Å²) in [4.78, 5) is 20.1. The summed E-state index contributed by atoms with van der Waals surface area (Å²) in [5.41, 5.74) is 0.375. The summed E-state index contributed by atoms with van der Waals surface area (Å²) in [5.74, 6) is 2.24. The van der Waals surface area contributed by atoms with E-state index in [1.165, 1.54) is 21.3 Å². The molecular weight excluding hydrogens is 374 g/mol. The standard InChI is InChI=1S/C21H25N3O5/c1-26-17-11-16-18(20(28-3)19(17)27-2)22-13-24(21(16)25)14-6-8-23(9-7-14)12-15-5-4-10-29-15/h4-5,10-11,13-14H,6-9,12H2,1-3H3. The Morgan fingerprint density at radius 2 is 1.90 bits per heavy atom. The Hall–Kier alpha value is -3.00. The fourth-order valence-electron chi connectivity index (χ4n) is 3.98. The molecule has 154 valence electrons. The summed E-state index contributed by atoms with van der Waals surface area (Å²) in [7, 11) is 4.59. The number of piperidine rings is 1. The van der Waals surface area contributed by atoms with Gasteiger partial charge in [-0.1, -0.05) is 0 Å². The first-order chi connectivity index (χ1) is 14.2. The number of furan rings is 1. The first kappa shape index (κ1) is 19.3. The van der Waals surface area contributed by atoms with Gasteiger partial charge in [0.15, 0.2) is 11.5 Å². The average molecular weight is 399 g/mol. The Morgan fingerprint density at radius 3 is 2.52 bits per heavy atom. The van der Waals surface area contributed by atoms with Crippen LogP contribution >= 0.6 is 0 Å². The van der Waals surface area contributed by atoms with Crippen molar-refractivity contribution < 1.29 is 18.6 Å². The van der Waals surface area contributed by atoms with Gasteiger partial charge < -0.3 is 18.6 Å². The molecular formula is C21H25N3O5. The van der Waals surface area contributed by atoms with Crippen molar-refractivity contribution >= 4 is 10.9 Å². The van der Waals surface area contributed by atoms with Crippen molar-refractivity contribution in [1.82, 2.24) is 14.5 Å². The van der Waals surface area contributed by atoms with Gasteiger partial charge >= 0.3 is 0 Å². The van der Waals surface area contributed by atoms with Gasteiger partial charge in [0.25, 0.3) is 5.56 Å². The van der Waals surface area contributed by atoms with Crippen LogP contribution in [0, 0.1) is 0 Å². The topological polar surface area (TPSA) is 79.0 Å². The maximum atomic E-state index is 13.2. The molecule has 2 aromatic heterocycles. The van der Waals surface area contributed by atoms with E-state index in [4.69, 9.17) is 18.6 Å². The summed E-state index contributed by atoms with van der Waals surface area (Å²) in [6.07, 6.45) is 5.06. The molecule has 0 saturated carbocycles. The SMILES string of the molecule is COc1cc2c(=O)n(C3CCN(Cc4ccco4)CC3)cnc2c(OC)c1OC. The van der Waals surface area contributed by atoms with E-state index >= 15 is 0 Å². The predicted molar refractivity (Wildman–Crippen MR) is 108 cm³/mol. The van der Waals surface area contributed by atoms with Crippen LogP contribution in [0.1, 0.15) is 24.6 Å². The highest BCUT2D eigenvalue weighted by molar-refractivity contribution is 5.89. The molecule has 0 atom stereocenters. The van der Waals surface area contributed by atoms with Crippen LogP contribution < -0.4 is 19.8 Å². The van der Waals surface area contributed by atoms with Crippen LogP contribution in [0.25, 0.3) is 10.9 Å². The van der Waals surface area contributed by atoms with Crippen molar-refractivity contribution in [1.29, 1.82) is 0 Å². The smallest absolute Gasteiger partial charge is 0.261 e. The minimum atomic E-state index is -0.0984. The lowest BCUT2D eigenvalue weighted by molar-refractivity contribution is 0.167. The van der Waals surface area contributed by atoms with Crippen molar-refractivity contribution in [3.05, 3.63) is 46.9 Å². The van der Waals surface area contributed by atoms with Crippen LogP contribution in [-0.2, 0) is 6.54 Å². The van der Waals surface area contributed by atoms with Crippen molar-refractivity contribution in [2.75, 3.05) is 34.4 Å². The molecule has 0 amide bonds. The molecule has 1 saturated heterocycles. The van der Waals surface area contributed by atoms with E-state index in [2.05, 4.69) is 9.88 Å². The fourth-order valence-corrected chi connectivity index (χ4v) is 3.98. The Bertz CT molecular complexity index is 1040. The van der Waals surface area contributed by atoms with Crippen molar-refractivity contribution in [2.45, 2.75) is 25.4 Å². The molecule has 3 aromatic rings. The number of rotatable bonds is 6. The lowest BCUT2D eigenvalue weighted by atomic mass is 10.0. The summed E-state index contributed by atoms with van der Waals surface area (Å²) in [6.45, 7) is 2.58. The monoisotopic (exact) mass is 399 g/mol. The largest absolute Gasteiger partial charge is 0.493 e. The molecule has 0 N–H and O–H groups in total. The van der Waals surface area contributed by atoms with Gasteiger partial charge in [0, 0.05) is 19.1 Å². The predicted octanol–water partition coefficient (Wildman–Crippen LogP) is 2.85. The van der Waals surface area contributed by atoms with E-state index < -0.39 is 0 Å². The maximum Gasteiger partial charge on any atom is 0.261 e. The van der Waals surface area contributed by atoms with Gasteiger partial charge in [-0.05, 0) is 31.0 Å². The molecule has 1 fully saturated rings. The number of nitrogens with zero attached hydrogens (tertiary/aromatic N) is 3. The minimum Gasteiger partial charge on any atom is -0.493 e. The molecule has 1 aromatic carbocycles. The van der Waals surface area contributed by atoms with Crippen LogP contribution in [0.5, 0.6) is 17.2 Å². The second-order valence-corrected chi connectivity index (χ2v) is 7.09. The summed E-state index contributed by atoms with van der Waals surface area (Å²) in [5, 5.41) is 0.458. The Morgan fingerprint density at radius 1 is 1.14 bits per heavy atom. The van der Waals surface area contributed by atoms with Crippen LogP contribution in [0.3, 0.4) is 0 Å². The molecule has 4 rings (SSSR count). The second kappa shape index (κ2) is 8.16. The highest BCUT2D eigenvalue weighted by atomic mass is 16.5. The molecule has 1 aliphatic heterocycles. The van der Waals surface area contributed by atoms with Gasteiger partial charge in [0.05, 0.1) is 45.9 Å². The van der Waals surface area contributed by atoms with Gasteiger partial charge in [0.2, 0.25) is 5.75 Å². The fraction of sp³-hybridized carbons (Fsp3) is 0.429. The molecule has 0 bridgehead atoms. The van der Waals surface area contributed by atoms with E-state index in [0.29, 0.717) is 28.2 Å². The molecule has 29 heavy (non-hydrogen) atoms. The molecule has 0 aliphatic carbocycles. The van der Waals surface area contributed by atoms with Crippen LogP contribution in [0.4, 0.5) is 0 Å². The first-order valence-corrected chi connectivity index (χ1v) is 9.60. The van der Waals surface area contributed by atoms with Crippen molar-refractivity contribution in [3.63, 3.8) is 0 Å². The molecule has 1 aliphatic rings. The van der Waals surface area contributed by atoms with E-state index in [9.17, 15) is 4.79 Å². The van der Waals surface area contributed by atoms with E-state index in [0.717, 1.165) is 38.2 Å². The normalized spacial score (nSPS) is 15.6. The van der Waals surface area contributed by atoms with E-state index in [1.807, 2.05) is 12.1 Å². The zero-order valence-corrected chi connectivity index (χ0v) is 16.9. The Kier molecular flexibility index (Phi) is 5.44. The van der Waals surface area contributed by atoms with Gasteiger partial charge in [-0.15, -0.1) is 0 Å². The van der Waals surface area contributed by atoms with Gasteiger partial charge in [0.1, 0.15) is 11.3 Å². The first-order valence-electron chi connectivity index (χ1n) is 9.60. The number of aromatic nitrogens is 2. The van der Waals surface area contributed by atoms with Gasteiger partial charge in [-0.25, -0.2) is 4.98 Å². The molecule has 0 unspecified atom stereocenters. The highest BCUT2D eigenvalue weighted by Crippen LogP contribution is 2.41. The third kappa shape index (κ3) is 3.55. The van der Waals surface area contributed by atoms with E-state index in [1.54, 1.807) is 23.2 Å². The zero-order chi connectivity index (χ0) is 20.4. The number of hydrogen-bond acceptors (Lipinski definition) is 7. The number of benzene rings is 1. The van der Waals surface area contributed by atoms with Crippen LogP contribution in [0.15, 0.2) is 40.0 Å². The van der Waals surface area contributed by atoms with Gasteiger partial charge in [-0.3, -0.25) is 14.3 Å². The van der Waals surface area contributed by atoms with Crippen molar-refractivity contribution in [3.8, 4) is 17.2 Å². The number of methoxy groups -OCH3 is 3. The molecule has 0 radical (unpaired) electrons. The summed E-state index contributed by atoms with van der Waals surface area (Å²) >= 11 is 0. The lowest BCUT2D eigenvalue weighted by Crippen LogP contribution is -2.37. The summed E-state index contributed by atoms with van der Waals surface area (Å²) < 4.78 is 23.4. The van der Waals surface area contributed by atoms with E-state index in [-0.39, 0.29) is 11.6 Å². The molecule has 0 spiro atoms. The number of likely N-dealkylation sites (tertiary alicyclic amines) is 1. The third-order valence-electron chi connectivity index (χ3n) is 5.49. The molecule has 8 heteroatoms. The second-order valence-electron chi connectivity index (χ2n) is 7.09. The maximum absolute atomic E-state index is 13.2. The van der Waals surface area contributed by atoms with Crippen LogP contribution in [0.2, 0.25) is 0 Å². The third-order valence-corrected chi connectivity index (χ3v) is 5.49. The van der Waals surface area contributed by atoms with Crippen molar-refractivity contribution in [2.24, 2.45) is 0 Å². The molecule has 3 heterocycles. The number of hydrogen-bond donors (Lipinski definition) is 0. The Labute approximate surface area is 168 Å². The Balaban J connectivity index is 1.62. The quantitative estimate of drug-likeness (QED) is 0.631. The average Bonchev–Trinajstić information content (AvgIpc) is 3.26. The van der Waals surface area contributed by atoms with Gasteiger partial charge in [-0.2, -0.15) is 0 Å². The molecule has 8 nitrogen and oxygen atoms in total. The zero-order valence-electron chi connectivity index (χ0n) is 16.9. The lowest BCUT2D eigenvalue weighted by Gasteiger charge is -2.32. The number of fused-ring (bicyclic) bond motifs is 1. The highest BCUT2D eigenvalue weighted by Gasteiger charge is 2.25. The minimum absolute atomic E-state index is 0.0984.